The van der Waals surface area contributed by atoms with Gasteiger partial charge in [-0.1, -0.05) is 6.92 Å². The minimum atomic E-state index is -3.47. The van der Waals surface area contributed by atoms with E-state index in [9.17, 15) is 8.42 Å². The highest BCUT2D eigenvalue weighted by Gasteiger charge is 2.16. The van der Waals surface area contributed by atoms with Crippen LogP contribution in [0.4, 0.5) is 0 Å². The normalized spacial score (nSPS) is 11.8. The molecule has 5 nitrogen and oxygen atoms in total. The van der Waals surface area contributed by atoms with Gasteiger partial charge < -0.3 is 10.2 Å². The van der Waals surface area contributed by atoms with E-state index >= 15 is 0 Å². The number of hydrogen-bond donors (Lipinski definition) is 2. The van der Waals surface area contributed by atoms with E-state index in [1.165, 1.54) is 6.07 Å². The molecule has 6 heteroatoms. The van der Waals surface area contributed by atoms with Gasteiger partial charge in [0.1, 0.15) is 5.76 Å². The fraction of sp³-hybridized carbons (Fsp3) is 0.429. The number of rotatable bonds is 4. The lowest BCUT2D eigenvalue weighted by molar-refractivity contribution is 0.413. The van der Waals surface area contributed by atoms with Crippen molar-refractivity contribution in [3.63, 3.8) is 0 Å². The van der Waals surface area contributed by atoms with E-state index in [-0.39, 0.29) is 11.6 Å². The third-order valence-electron chi connectivity index (χ3n) is 1.44. The van der Waals surface area contributed by atoms with Crippen molar-refractivity contribution in [2.24, 2.45) is 5.73 Å². The van der Waals surface area contributed by atoms with Crippen LogP contribution in [0, 0.1) is 0 Å². The Bertz CT molecular complexity index is 369. The molecule has 3 N–H and O–H groups in total. The largest absolute Gasteiger partial charge is 0.447 e. The van der Waals surface area contributed by atoms with Gasteiger partial charge in [0.15, 0.2) is 0 Å². The zero-order valence-electron chi connectivity index (χ0n) is 7.28. The van der Waals surface area contributed by atoms with Crippen LogP contribution in [-0.4, -0.2) is 15.0 Å². The first-order valence-corrected chi connectivity index (χ1v) is 5.37. The zero-order valence-corrected chi connectivity index (χ0v) is 8.10. The van der Waals surface area contributed by atoms with Crippen LogP contribution in [0.25, 0.3) is 0 Å². The van der Waals surface area contributed by atoms with Crippen LogP contribution >= 0.6 is 0 Å². The van der Waals surface area contributed by atoms with Crippen molar-refractivity contribution in [1.82, 2.24) is 4.72 Å². The standard InChI is InChI=1S/C7H12N2O3S/c1-2-9-13(10,11)7-4-3-6(5-8)12-7/h3-4,9H,2,5,8H2,1H3. The summed E-state index contributed by atoms with van der Waals surface area (Å²) in [6, 6.07) is 2.93. The van der Waals surface area contributed by atoms with Crippen LogP contribution in [0.1, 0.15) is 12.7 Å². The topological polar surface area (TPSA) is 85.3 Å². The molecular weight excluding hydrogens is 192 g/mol. The van der Waals surface area contributed by atoms with E-state index in [0.717, 1.165) is 0 Å². The van der Waals surface area contributed by atoms with Crippen LogP contribution in [0.2, 0.25) is 0 Å². The fourth-order valence-corrected chi connectivity index (χ4v) is 1.86. The summed E-state index contributed by atoms with van der Waals surface area (Å²) in [5.74, 6) is 0.455. The van der Waals surface area contributed by atoms with Crippen molar-refractivity contribution in [1.29, 1.82) is 0 Å². The van der Waals surface area contributed by atoms with E-state index < -0.39 is 10.0 Å². The number of furan rings is 1. The molecule has 0 aliphatic rings. The Morgan fingerprint density at radius 3 is 2.69 bits per heavy atom. The molecule has 0 atom stereocenters. The smallest absolute Gasteiger partial charge is 0.273 e. The highest BCUT2D eigenvalue weighted by atomic mass is 32.2. The first kappa shape index (κ1) is 10.2. The van der Waals surface area contributed by atoms with Crippen molar-refractivity contribution in [3.8, 4) is 0 Å². The Labute approximate surface area is 77.0 Å². The second kappa shape index (κ2) is 3.91. The first-order valence-electron chi connectivity index (χ1n) is 3.88. The maximum absolute atomic E-state index is 11.3. The molecule has 0 aliphatic heterocycles. The van der Waals surface area contributed by atoms with Crippen molar-refractivity contribution in [3.05, 3.63) is 17.9 Å². The van der Waals surface area contributed by atoms with Gasteiger partial charge in [0.05, 0.1) is 6.54 Å². The van der Waals surface area contributed by atoms with Gasteiger partial charge in [0.2, 0.25) is 5.09 Å². The highest BCUT2D eigenvalue weighted by Crippen LogP contribution is 2.12. The Morgan fingerprint density at radius 1 is 1.54 bits per heavy atom. The summed E-state index contributed by atoms with van der Waals surface area (Å²) in [4.78, 5) is 0. The Hall–Kier alpha value is -0.850. The molecule has 0 aliphatic carbocycles. The summed E-state index contributed by atoms with van der Waals surface area (Å²) < 4.78 is 29.9. The van der Waals surface area contributed by atoms with Gasteiger partial charge >= 0.3 is 0 Å². The summed E-state index contributed by atoms with van der Waals surface area (Å²) in [6.07, 6.45) is 0. The van der Waals surface area contributed by atoms with Crippen molar-refractivity contribution in [2.75, 3.05) is 6.54 Å². The molecule has 0 unspecified atom stereocenters. The van der Waals surface area contributed by atoms with Gasteiger partial charge in [0.25, 0.3) is 10.0 Å². The van der Waals surface area contributed by atoms with Gasteiger partial charge in [-0.2, -0.15) is 0 Å². The molecule has 1 rings (SSSR count). The summed E-state index contributed by atoms with van der Waals surface area (Å²) in [5.41, 5.74) is 5.27. The second-order valence-corrected chi connectivity index (χ2v) is 4.12. The highest BCUT2D eigenvalue weighted by molar-refractivity contribution is 7.89. The predicted molar refractivity (Wildman–Crippen MR) is 47.5 cm³/mol. The first-order chi connectivity index (χ1) is 6.10. The van der Waals surface area contributed by atoms with Crippen molar-refractivity contribution < 1.29 is 12.8 Å². The van der Waals surface area contributed by atoms with E-state index in [4.69, 9.17) is 10.2 Å². The van der Waals surface area contributed by atoms with Crippen molar-refractivity contribution in [2.45, 2.75) is 18.6 Å². The molecule has 0 saturated carbocycles. The molecule has 0 radical (unpaired) electrons. The summed E-state index contributed by atoms with van der Waals surface area (Å²) in [5, 5.41) is -0.0881. The summed E-state index contributed by atoms with van der Waals surface area (Å²) >= 11 is 0. The van der Waals surface area contributed by atoms with Crippen LogP contribution in [0.5, 0.6) is 0 Å². The number of hydrogen-bond acceptors (Lipinski definition) is 4. The maximum Gasteiger partial charge on any atom is 0.273 e. The average Bonchev–Trinajstić information content (AvgIpc) is 2.52. The van der Waals surface area contributed by atoms with Crippen LogP contribution in [0.15, 0.2) is 21.6 Å². The molecule has 13 heavy (non-hydrogen) atoms. The molecule has 74 valence electrons. The van der Waals surface area contributed by atoms with E-state index in [1.807, 2.05) is 0 Å². The van der Waals surface area contributed by atoms with E-state index in [2.05, 4.69) is 4.72 Å². The third kappa shape index (κ3) is 2.30. The molecular formula is C7H12N2O3S. The molecule has 0 bridgehead atoms. The maximum atomic E-state index is 11.3. The minimum absolute atomic E-state index is 0.0881. The molecule has 0 fully saturated rings. The molecule has 0 saturated heterocycles. The van der Waals surface area contributed by atoms with Gasteiger partial charge in [-0.3, -0.25) is 0 Å². The third-order valence-corrected chi connectivity index (χ3v) is 2.86. The quantitative estimate of drug-likeness (QED) is 0.725. The lowest BCUT2D eigenvalue weighted by Gasteiger charge is -1.99. The van der Waals surface area contributed by atoms with E-state index in [0.29, 0.717) is 12.3 Å². The van der Waals surface area contributed by atoms with Crippen molar-refractivity contribution >= 4 is 10.0 Å². The fourth-order valence-electron chi connectivity index (χ4n) is 0.874. The van der Waals surface area contributed by atoms with Gasteiger partial charge in [-0.25, -0.2) is 13.1 Å². The second-order valence-electron chi connectivity index (χ2n) is 2.43. The zero-order chi connectivity index (χ0) is 9.90. The molecule has 0 amide bonds. The van der Waals surface area contributed by atoms with Crippen LogP contribution in [-0.2, 0) is 16.6 Å². The Morgan fingerprint density at radius 2 is 2.23 bits per heavy atom. The average molecular weight is 204 g/mol. The van der Waals surface area contributed by atoms with Crippen LogP contribution in [0.3, 0.4) is 0 Å². The Kier molecular flexibility index (Phi) is 3.07. The monoisotopic (exact) mass is 204 g/mol. The minimum Gasteiger partial charge on any atom is -0.447 e. The number of sulfonamides is 1. The van der Waals surface area contributed by atoms with Gasteiger partial charge in [-0.05, 0) is 12.1 Å². The summed E-state index contributed by atoms with van der Waals surface area (Å²) in [6.45, 7) is 2.23. The molecule has 0 spiro atoms. The molecule has 1 aromatic heterocycles. The van der Waals surface area contributed by atoms with Gasteiger partial charge in [-0.15, -0.1) is 0 Å². The lowest BCUT2D eigenvalue weighted by atomic mass is 10.5. The SMILES string of the molecule is CCNS(=O)(=O)c1ccc(CN)o1. The predicted octanol–water partition coefficient (Wildman–Crippen LogP) is 0.0365. The molecule has 1 aromatic rings. The molecule has 1 heterocycles. The number of nitrogens with one attached hydrogen (secondary N) is 1. The molecule has 0 aromatic carbocycles. The summed E-state index contributed by atoms with van der Waals surface area (Å²) in [7, 11) is -3.47. The lowest BCUT2D eigenvalue weighted by Crippen LogP contribution is -2.22. The Balaban J connectivity index is 2.94. The van der Waals surface area contributed by atoms with E-state index in [1.54, 1.807) is 13.0 Å². The van der Waals surface area contributed by atoms with Gasteiger partial charge in [0, 0.05) is 6.54 Å². The number of nitrogens with two attached hydrogens (primary N) is 1. The van der Waals surface area contributed by atoms with Crippen LogP contribution < -0.4 is 10.5 Å².